The van der Waals surface area contributed by atoms with Gasteiger partial charge in [-0.1, -0.05) is 23.9 Å². The van der Waals surface area contributed by atoms with Gasteiger partial charge >= 0.3 is 0 Å². The van der Waals surface area contributed by atoms with Crippen molar-refractivity contribution in [3.8, 4) is 17.0 Å². The monoisotopic (exact) mass is 439 g/mol. The van der Waals surface area contributed by atoms with Gasteiger partial charge in [0.1, 0.15) is 11.4 Å². The summed E-state index contributed by atoms with van der Waals surface area (Å²) in [5, 5.41) is 2.79. The first kappa shape index (κ1) is 20.9. The molecular weight excluding hydrogens is 420 g/mol. The molecular formula is C23H19F2N3O2S. The zero-order valence-electron chi connectivity index (χ0n) is 16.8. The number of aromatic nitrogens is 2. The molecule has 0 aliphatic carbocycles. The van der Waals surface area contributed by atoms with Crippen LogP contribution in [0.2, 0.25) is 0 Å². The van der Waals surface area contributed by atoms with Crippen LogP contribution in [0.5, 0.6) is 5.75 Å². The third-order valence-corrected chi connectivity index (χ3v) is 5.50. The fraction of sp³-hybridized carbons (Fsp3) is 0.130. The predicted molar refractivity (Wildman–Crippen MR) is 118 cm³/mol. The normalized spacial score (nSPS) is 11.1. The number of anilines is 1. The van der Waals surface area contributed by atoms with E-state index in [4.69, 9.17) is 4.74 Å². The summed E-state index contributed by atoms with van der Waals surface area (Å²) in [5.41, 5.74) is 4.03. The second kappa shape index (κ2) is 8.77. The van der Waals surface area contributed by atoms with Gasteiger partial charge in [-0.3, -0.25) is 4.79 Å². The van der Waals surface area contributed by atoms with Gasteiger partial charge in [0.15, 0.2) is 0 Å². The maximum Gasteiger partial charge on any atom is 0.288 e. The number of pyridine rings is 1. The van der Waals surface area contributed by atoms with Crippen molar-refractivity contribution in [2.24, 2.45) is 0 Å². The van der Waals surface area contributed by atoms with Gasteiger partial charge in [-0.15, -0.1) is 0 Å². The molecule has 31 heavy (non-hydrogen) atoms. The van der Waals surface area contributed by atoms with Gasteiger partial charge in [-0.05, 0) is 55.0 Å². The molecule has 0 atom stereocenters. The van der Waals surface area contributed by atoms with Crippen LogP contribution in [0, 0.1) is 6.92 Å². The Bertz CT molecular complexity index is 1260. The Morgan fingerprint density at radius 1 is 1.16 bits per heavy atom. The number of nitrogens with zero attached hydrogens (tertiary/aromatic N) is 2. The number of alkyl halides is 2. The van der Waals surface area contributed by atoms with Gasteiger partial charge < -0.3 is 14.5 Å². The van der Waals surface area contributed by atoms with E-state index in [2.05, 4.69) is 10.3 Å². The second-order valence-electron chi connectivity index (χ2n) is 6.84. The molecule has 1 amide bonds. The lowest BCUT2D eigenvalue weighted by Gasteiger charge is -2.13. The third kappa shape index (κ3) is 4.54. The summed E-state index contributed by atoms with van der Waals surface area (Å²) in [4.78, 5) is 17.7. The lowest BCUT2D eigenvalue weighted by molar-refractivity contribution is 0.102. The molecule has 1 N–H and O–H groups in total. The molecule has 4 rings (SSSR count). The number of carbonyl (C=O) groups is 1. The molecule has 0 saturated heterocycles. The SMILES string of the molecule is COc1ccc(-c2cn3ccc(C)cc3n2)cc1NC(=O)c1ccccc1SC(F)F. The van der Waals surface area contributed by atoms with E-state index < -0.39 is 11.7 Å². The van der Waals surface area contributed by atoms with Gasteiger partial charge in [0.2, 0.25) is 0 Å². The van der Waals surface area contributed by atoms with E-state index in [1.807, 2.05) is 41.9 Å². The number of hydrogen-bond acceptors (Lipinski definition) is 4. The lowest BCUT2D eigenvalue weighted by atomic mass is 10.1. The number of methoxy groups -OCH3 is 1. The van der Waals surface area contributed by atoms with Crippen molar-refractivity contribution in [1.82, 2.24) is 9.38 Å². The molecule has 2 aromatic heterocycles. The summed E-state index contributed by atoms with van der Waals surface area (Å²) in [6.45, 7) is 2.00. The van der Waals surface area contributed by atoms with E-state index in [0.29, 0.717) is 23.2 Å². The second-order valence-corrected chi connectivity index (χ2v) is 7.87. The number of hydrogen-bond donors (Lipinski definition) is 1. The maximum absolute atomic E-state index is 12.9. The fourth-order valence-electron chi connectivity index (χ4n) is 3.23. The number of imidazole rings is 1. The van der Waals surface area contributed by atoms with Gasteiger partial charge in [-0.25, -0.2) is 4.98 Å². The molecule has 5 nitrogen and oxygen atoms in total. The van der Waals surface area contributed by atoms with Crippen LogP contribution in [0.1, 0.15) is 15.9 Å². The molecule has 158 valence electrons. The minimum atomic E-state index is -2.62. The van der Waals surface area contributed by atoms with Crippen LogP contribution >= 0.6 is 11.8 Å². The molecule has 2 aromatic carbocycles. The van der Waals surface area contributed by atoms with Crippen molar-refractivity contribution >= 4 is 29.0 Å². The largest absolute Gasteiger partial charge is 0.495 e. The molecule has 0 bridgehead atoms. The first-order valence-corrected chi connectivity index (χ1v) is 10.3. The number of amides is 1. The highest BCUT2D eigenvalue weighted by molar-refractivity contribution is 7.99. The summed E-state index contributed by atoms with van der Waals surface area (Å²) in [7, 11) is 1.50. The standard InChI is InChI=1S/C23H19F2N3O2S/c1-14-9-10-28-13-18(26-21(28)11-14)15-7-8-19(30-2)17(12-15)27-22(29)16-5-3-4-6-20(16)31-23(24)25/h3-13,23H,1-2H3,(H,27,29). The summed E-state index contributed by atoms with van der Waals surface area (Å²) in [6.07, 6.45) is 3.84. The van der Waals surface area contributed by atoms with Crippen molar-refractivity contribution in [2.45, 2.75) is 17.6 Å². The highest BCUT2D eigenvalue weighted by Gasteiger charge is 2.17. The Morgan fingerprint density at radius 3 is 2.74 bits per heavy atom. The molecule has 0 unspecified atom stereocenters. The Morgan fingerprint density at radius 2 is 1.97 bits per heavy atom. The summed E-state index contributed by atoms with van der Waals surface area (Å²) < 4.78 is 33.0. The number of halogens is 2. The molecule has 8 heteroatoms. The summed E-state index contributed by atoms with van der Waals surface area (Å²) in [5.74, 6) is -2.66. The van der Waals surface area contributed by atoms with Crippen LogP contribution in [-0.4, -0.2) is 28.2 Å². The number of benzene rings is 2. The van der Waals surface area contributed by atoms with Crippen LogP contribution in [0.25, 0.3) is 16.9 Å². The number of fused-ring (bicyclic) bond motifs is 1. The van der Waals surface area contributed by atoms with Crippen LogP contribution in [0.4, 0.5) is 14.5 Å². The van der Waals surface area contributed by atoms with Crippen molar-refractivity contribution in [3.63, 3.8) is 0 Å². The van der Waals surface area contributed by atoms with E-state index in [1.54, 1.807) is 24.3 Å². The van der Waals surface area contributed by atoms with Crippen LogP contribution in [-0.2, 0) is 0 Å². The molecule has 4 aromatic rings. The van der Waals surface area contributed by atoms with Crippen molar-refractivity contribution in [2.75, 3.05) is 12.4 Å². The first-order chi connectivity index (χ1) is 14.9. The van der Waals surface area contributed by atoms with Crippen LogP contribution in [0.15, 0.2) is 71.9 Å². The quantitative estimate of drug-likeness (QED) is 0.381. The lowest BCUT2D eigenvalue weighted by Crippen LogP contribution is -2.14. The minimum absolute atomic E-state index is 0.170. The number of nitrogens with one attached hydrogen (secondary N) is 1. The van der Waals surface area contributed by atoms with E-state index in [-0.39, 0.29) is 10.5 Å². The first-order valence-electron chi connectivity index (χ1n) is 9.43. The van der Waals surface area contributed by atoms with Gasteiger partial charge in [0, 0.05) is 22.9 Å². The number of aryl methyl sites for hydroxylation is 1. The molecule has 0 fully saturated rings. The number of carbonyl (C=O) groups excluding carboxylic acids is 1. The van der Waals surface area contributed by atoms with Gasteiger partial charge in [0.25, 0.3) is 11.7 Å². The molecule has 2 heterocycles. The average molecular weight is 439 g/mol. The van der Waals surface area contributed by atoms with Gasteiger partial charge in [0.05, 0.1) is 24.1 Å². The van der Waals surface area contributed by atoms with E-state index in [9.17, 15) is 13.6 Å². The zero-order valence-corrected chi connectivity index (χ0v) is 17.6. The number of ether oxygens (including phenoxy) is 1. The highest BCUT2D eigenvalue weighted by Crippen LogP contribution is 2.33. The number of thioether (sulfide) groups is 1. The number of rotatable bonds is 6. The molecule has 0 spiro atoms. The van der Waals surface area contributed by atoms with Crippen molar-refractivity contribution in [1.29, 1.82) is 0 Å². The highest BCUT2D eigenvalue weighted by atomic mass is 32.2. The molecule has 0 radical (unpaired) electrons. The topological polar surface area (TPSA) is 55.6 Å². The third-order valence-electron chi connectivity index (χ3n) is 4.71. The smallest absolute Gasteiger partial charge is 0.288 e. The fourth-order valence-corrected chi connectivity index (χ4v) is 3.87. The van der Waals surface area contributed by atoms with E-state index in [0.717, 1.165) is 22.5 Å². The molecule has 0 saturated carbocycles. The maximum atomic E-state index is 12.9. The molecule has 0 aliphatic rings. The molecule has 0 aliphatic heterocycles. The summed E-state index contributed by atoms with van der Waals surface area (Å²) in [6, 6.07) is 15.6. The van der Waals surface area contributed by atoms with Crippen molar-refractivity contribution in [3.05, 3.63) is 78.1 Å². The Kier molecular flexibility index (Phi) is 5.90. The zero-order chi connectivity index (χ0) is 22.0. The predicted octanol–water partition coefficient (Wildman–Crippen LogP) is 5.89. The average Bonchev–Trinajstić information content (AvgIpc) is 3.17. The Balaban J connectivity index is 1.67. The Labute approximate surface area is 182 Å². The minimum Gasteiger partial charge on any atom is -0.495 e. The van der Waals surface area contributed by atoms with Crippen LogP contribution in [0.3, 0.4) is 0 Å². The Hall–Kier alpha value is -3.39. The van der Waals surface area contributed by atoms with Gasteiger partial charge in [-0.2, -0.15) is 8.78 Å². The van der Waals surface area contributed by atoms with Crippen molar-refractivity contribution < 1.29 is 18.3 Å². The van der Waals surface area contributed by atoms with E-state index in [1.165, 1.54) is 19.2 Å². The summed E-state index contributed by atoms with van der Waals surface area (Å²) >= 11 is 0.339. The van der Waals surface area contributed by atoms with E-state index >= 15 is 0 Å². The van der Waals surface area contributed by atoms with Crippen LogP contribution < -0.4 is 10.1 Å².